The zero-order valence-electron chi connectivity index (χ0n) is 16.6. The molecule has 0 saturated carbocycles. The van der Waals surface area contributed by atoms with Crippen LogP contribution in [0.4, 0.5) is 5.69 Å². The van der Waals surface area contributed by atoms with Gasteiger partial charge in [0.2, 0.25) is 0 Å². The smallest absolute Gasteiger partial charge is 0.335 e. The minimum atomic E-state index is -1.01. The molecule has 0 atom stereocenters. The molecule has 0 unspecified atom stereocenters. The molecule has 160 valence electrons. The summed E-state index contributed by atoms with van der Waals surface area (Å²) in [6, 6.07) is 13.2. The number of aliphatic imine (C=N–C) groups is 1. The number of carboxylic acids is 2. The van der Waals surface area contributed by atoms with E-state index in [0.29, 0.717) is 28.1 Å². The van der Waals surface area contributed by atoms with Gasteiger partial charge in [0.1, 0.15) is 5.75 Å². The van der Waals surface area contributed by atoms with Crippen molar-refractivity contribution < 1.29 is 29.3 Å². The van der Waals surface area contributed by atoms with Gasteiger partial charge in [-0.2, -0.15) is 0 Å². The molecule has 0 aliphatic carbocycles. The number of likely N-dealkylation sites (N-methyl/N-ethyl adjacent to an activating group) is 1. The van der Waals surface area contributed by atoms with Crippen LogP contribution >= 0.6 is 11.8 Å². The lowest BCUT2D eigenvalue weighted by molar-refractivity contribution is -0.137. The number of rotatable bonds is 8. The summed E-state index contributed by atoms with van der Waals surface area (Å²) in [6.45, 7) is 2.35. The van der Waals surface area contributed by atoms with Gasteiger partial charge in [0.05, 0.1) is 29.2 Å². The average molecular weight is 440 g/mol. The molecular weight excluding hydrogens is 420 g/mol. The lowest BCUT2D eigenvalue weighted by Crippen LogP contribution is -2.28. The summed E-state index contributed by atoms with van der Waals surface area (Å²) in [5.41, 5.74) is 1.46. The molecule has 2 aromatic carbocycles. The molecule has 1 amide bonds. The van der Waals surface area contributed by atoms with Gasteiger partial charge in [-0.15, -0.1) is 0 Å². The summed E-state index contributed by atoms with van der Waals surface area (Å²) in [7, 11) is 0. The Bertz CT molecular complexity index is 1060. The van der Waals surface area contributed by atoms with E-state index >= 15 is 0 Å². The molecule has 2 aromatic rings. The Balaban J connectivity index is 1.80. The fourth-order valence-electron chi connectivity index (χ4n) is 2.76. The Kier molecular flexibility index (Phi) is 7.09. The number of aliphatic carboxylic acids is 1. The molecule has 0 bridgehead atoms. The highest BCUT2D eigenvalue weighted by Crippen LogP contribution is 2.34. The van der Waals surface area contributed by atoms with Crippen molar-refractivity contribution >= 4 is 46.5 Å². The number of ether oxygens (including phenoxy) is 1. The maximum absolute atomic E-state index is 12.8. The molecule has 1 aliphatic rings. The maximum atomic E-state index is 12.8. The summed E-state index contributed by atoms with van der Waals surface area (Å²) >= 11 is 1.23. The minimum Gasteiger partial charge on any atom is -0.493 e. The van der Waals surface area contributed by atoms with E-state index in [2.05, 4.69) is 4.99 Å². The number of thioether (sulfide) groups is 1. The number of carboxylic acid groups (broad SMARTS) is 2. The highest BCUT2D eigenvalue weighted by Gasteiger charge is 2.32. The number of amidine groups is 1. The molecule has 1 heterocycles. The predicted octanol–water partition coefficient (Wildman–Crippen LogP) is 3.86. The third-order valence-corrected chi connectivity index (χ3v) is 5.29. The zero-order chi connectivity index (χ0) is 22.4. The van der Waals surface area contributed by atoms with Crippen LogP contribution < -0.4 is 4.74 Å². The van der Waals surface area contributed by atoms with E-state index in [4.69, 9.17) is 14.9 Å². The lowest BCUT2D eigenvalue weighted by Gasteiger charge is -2.12. The molecule has 1 aliphatic heterocycles. The number of carbonyl (C=O) groups is 3. The van der Waals surface area contributed by atoms with E-state index in [1.54, 1.807) is 41.3 Å². The van der Waals surface area contributed by atoms with E-state index in [9.17, 15) is 14.4 Å². The van der Waals surface area contributed by atoms with Crippen molar-refractivity contribution in [3.63, 3.8) is 0 Å². The first-order chi connectivity index (χ1) is 14.9. The molecule has 9 heteroatoms. The average Bonchev–Trinajstić information content (AvgIpc) is 3.02. The fourth-order valence-corrected chi connectivity index (χ4v) is 3.82. The quantitative estimate of drug-likeness (QED) is 0.599. The van der Waals surface area contributed by atoms with E-state index in [1.165, 1.54) is 23.9 Å². The van der Waals surface area contributed by atoms with Gasteiger partial charge in [-0.25, -0.2) is 9.79 Å². The largest absolute Gasteiger partial charge is 0.493 e. The van der Waals surface area contributed by atoms with Crippen LogP contribution in [0.1, 0.15) is 29.3 Å². The number of amides is 1. The van der Waals surface area contributed by atoms with Crippen LogP contribution in [-0.4, -0.2) is 51.3 Å². The van der Waals surface area contributed by atoms with Crippen LogP contribution in [-0.2, 0) is 9.59 Å². The van der Waals surface area contributed by atoms with E-state index in [1.807, 2.05) is 13.0 Å². The highest BCUT2D eigenvalue weighted by molar-refractivity contribution is 8.18. The lowest BCUT2D eigenvalue weighted by atomic mass is 10.2. The van der Waals surface area contributed by atoms with Crippen molar-refractivity contribution in [1.29, 1.82) is 0 Å². The Morgan fingerprint density at radius 3 is 2.55 bits per heavy atom. The van der Waals surface area contributed by atoms with E-state index < -0.39 is 11.9 Å². The minimum absolute atomic E-state index is 0.0596. The first-order valence-electron chi connectivity index (χ1n) is 9.45. The molecule has 0 spiro atoms. The number of benzene rings is 2. The molecule has 0 aromatic heterocycles. The van der Waals surface area contributed by atoms with Crippen LogP contribution in [0.3, 0.4) is 0 Å². The standard InChI is InChI=1S/C22H20N2O6S/c1-2-24-20(27)18(13-14-4-3-5-17(12-14)30-11-10-19(25)26)31-22(24)23-16-8-6-15(7-9-16)21(28)29/h3-9,12-13H,2,10-11H2,1H3,(H,25,26)(H,28,29)/b18-13-,23-22?. The van der Waals surface area contributed by atoms with Gasteiger partial charge in [-0.1, -0.05) is 12.1 Å². The van der Waals surface area contributed by atoms with Crippen LogP contribution in [0.5, 0.6) is 5.75 Å². The van der Waals surface area contributed by atoms with Crippen LogP contribution in [0.15, 0.2) is 58.4 Å². The second-order valence-electron chi connectivity index (χ2n) is 6.47. The molecule has 31 heavy (non-hydrogen) atoms. The Morgan fingerprint density at radius 2 is 1.90 bits per heavy atom. The maximum Gasteiger partial charge on any atom is 0.335 e. The Morgan fingerprint density at radius 1 is 1.16 bits per heavy atom. The summed E-state index contributed by atoms with van der Waals surface area (Å²) in [6.07, 6.45) is 1.63. The predicted molar refractivity (Wildman–Crippen MR) is 118 cm³/mol. The normalized spacial score (nSPS) is 16.2. The molecule has 1 fully saturated rings. The summed E-state index contributed by atoms with van der Waals surface area (Å²) < 4.78 is 5.44. The number of hydrogen-bond acceptors (Lipinski definition) is 6. The van der Waals surface area contributed by atoms with Gasteiger partial charge in [0.25, 0.3) is 5.91 Å². The van der Waals surface area contributed by atoms with Gasteiger partial charge in [0.15, 0.2) is 5.17 Å². The number of carbonyl (C=O) groups excluding carboxylic acids is 1. The molecular formula is C22H20N2O6S. The first kappa shape index (κ1) is 22.1. The number of aromatic carboxylic acids is 1. The van der Waals surface area contributed by atoms with Crippen LogP contribution in [0.25, 0.3) is 6.08 Å². The third kappa shape index (κ3) is 5.73. The van der Waals surface area contributed by atoms with Crippen LogP contribution in [0.2, 0.25) is 0 Å². The Hall–Kier alpha value is -3.59. The van der Waals surface area contributed by atoms with Crippen molar-refractivity contribution in [3.05, 3.63) is 64.6 Å². The zero-order valence-corrected chi connectivity index (χ0v) is 17.5. The van der Waals surface area contributed by atoms with Gasteiger partial charge in [0, 0.05) is 6.54 Å². The van der Waals surface area contributed by atoms with Crippen molar-refractivity contribution in [2.45, 2.75) is 13.3 Å². The summed E-state index contributed by atoms with van der Waals surface area (Å²) in [5.74, 6) is -1.61. The Labute approximate surface area is 182 Å². The number of hydrogen-bond donors (Lipinski definition) is 2. The summed E-state index contributed by atoms with van der Waals surface area (Å²) in [4.78, 5) is 40.9. The molecule has 2 N–H and O–H groups in total. The van der Waals surface area contributed by atoms with Crippen molar-refractivity contribution in [3.8, 4) is 5.75 Å². The van der Waals surface area contributed by atoms with E-state index in [0.717, 1.165) is 5.56 Å². The van der Waals surface area contributed by atoms with Gasteiger partial charge >= 0.3 is 11.9 Å². The van der Waals surface area contributed by atoms with Gasteiger partial charge in [-0.3, -0.25) is 14.5 Å². The second kappa shape index (κ2) is 9.94. The van der Waals surface area contributed by atoms with Crippen molar-refractivity contribution in [2.75, 3.05) is 13.2 Å². The van der Waals surface area contributed by atoms with Gasteiger partial charge in [-0.05, 0) is 66.7 Å². The second-order valence-corrected chi connectivity index (χ2v) is 7.48. The highest BCUT2D eigenvalue weighted by atomic mass is 32.2. The van der Waals surface area contributed by atoms with E-state index in [-0.39, 0.29) is 24.5 Å². The van der Waals surface area contributed by atoms with Crippen molar-refractivity contribution in [2.24, 2.45) is 4.99 Å². The summed E-state index contributed by atoms with van der Waals surface area (Å²) in [5, 5.41) is 18.2. The van der Waals surface area contributed by atoms with Crippen molar-refractivity contribution in [1.82, 2.24) is 4.90 Å². The molecule has 0 radical (unpaired) electrons. The monoisotopic (exact) mass is 440 g/mol. The topological polar surface area (TPSA) is 117 Å². The third-order valence-electron chi connectivity index (χ3n) is 4.28. The van der Waals surface area contributed by atoms with Gasteiger partial charge < -0.3 is 14.9 Å². The fraction of sp³-hybridized carbons (Fsp3) is 0.182. The number of nitrogens with zero attached hydrogens (tertiary/aromatic N) is 2. The molecule has 8 nitrogen and oxygen atoms in total. The first-order valence-corrected chi connectivity index (χ1v) is 10.3. The van der Waals surface area contributed by atoms with Crippen LogP contribution in [0, 0.1) is 0 Å². The molecule has 3 rings (SSSR count). The molecule has 1 saturated heterocycles. The SMILES string of the molecule is CCN1C(=O)/C(=C/c2cccc(OCCC(=O)O)c2)SC1=Nc1ccc(C(=O)O)cc1.